The zero-order valence-corrected chi connectivity index (χ0v) is 17.4. The standard InChI is InChI=1S/C25H34N2O/c1-3-5-6-7-8-9-10-14-21(13-4-2)18-19-24(28)27-23-17-11-15-22-16-12-20-26-25(22)23/h9-13,15-17,20H,3-8,14,18-19H2,1-2H3,(H,27,28)/b10-9?,21-13-. The van der Waals surface area contributed by atoms with Gasteiger partial charge in [-0.3, -0.25) is 9.78 Å². The van der Waals surface area contributed by atoms with E-state index >= 15 is 0 Å². The van der Waals surface area contributed by atoms with E-state index in [1.54, 1.807) is 6.20 Å². The zero-order valence-electron chi connectivity index (χ0n) is 17.4. The Labute approximate surface area is 170 Å². The van der Waals surface area contributed by atoms with Crippen molar-refractivity contribution in [1.82, 2.24) is 4.98 Å². The van der Waals surface area contributed by atoms with Crippen LogP contribution < -0.4 is 5.32 Å². The van der Waals surface area contributed by atoms with E-state index in [0.717, 1.165) is 42.3 Å². The first-order chi connectivity index (χ1) is 13.7. The van der Waals surface area contributed by atoms with Gasteiger partial charge in [0.25, 0.3) is 0 Å². The van der Waals surface area contributed by atoms with Crippen molar-refractivity contribution >= 4 is 22.5 Å². The van der Waals surface area contributed by atoms with Gasteiger partial charge in [-0.1, -0.05) is 75.1 Å². The summed E-state index contributed by atoms with van der Waals surface area (Å²) in [5.74, 6) is 0.0451. The van der Waals surface area contributed by atoms with E-state index in [9.17, 15) is 4.79 Å². The van der Waals surface area contributed by atoms with Gasteiger partial charge in [0.2, 0.25) is 5.91 Å². The molecule has 3 nitrogen and oxygen atoms in total. The molecule has 2 rings (SSSR count). The van der Waals surface area contributed by atoms with E-state index in [0.29, 0.717) is 6.42 Å². The van der Waals surface area contributed by atoms with Gasteiger partial charge in [0.05, 0.1) is 11.2 Å². The summed E-state index contributed by atoms with van der Waals surface area (Å²) in [4.78, 5) is 16.9. The fraction of sp³-hybridized carbons (Fsp3) is 0.440. The molecule has 0 fully saturated rings. The smallest absolute Gasteiger partial charge is 0.224 e. The maximum absolute atomic E-state index is 12.5. The predicted octanol–water partition coefficient (Wildman–Crippen LogP) is 7.21. The van der Waals surface area contributed by atoms with Crippen LogP contribution in [0.1, 0.15) is 71.6 Å². The number of amides is 1. The number of pyridine rings is 1. The topological polar surface area (TPSA) is 42.0 Å². The Hall–Kier alpha value is -2.42. The molecule has 0 aliphatic heterocycles. The van der Waals surface area contributed by atoms with E-state index in [1.165, 1.54) is 31.3 Å². The minimum Gasteiger partial charge on any atom is -0.324 e. The highest BCUT2D eigenvalue weighted by Gasteiger charge is 2.07. The normalized spacial score (nSPS) is 12.0. The molecule has 150 valence electrons. The maximum Gasteiger partial charge on any atom is 0.224 e. The Morgan fingerprint density at radius 1 is 1.04 bits per heavy atom. The summed E-state index contributed by atoms with van der Waals surface area (Å²) in [6.07, 6.45) is 18.2. The van der Waals surface area contributed by atoms with Gasteiger partial charge in [0.1, 0.15) is 0 Å². The Kier molecular flexibility index (Phi) is 10.1. The third kappa shape index (κ3) is 7.67. The first-order valence-electron chi connectivity index (χ1n) is 10.7. The molecule has 0 atom stereocenters. The number of hydrogen-bond acceptors (Lipinski definition) is 2. The van der Waals surface area contributed by atoms with Crippen LogP contribution in [0.2, 0.25) is 0 Å². The number of allylic oxidation sites excluding steroid dienone is 4. The molecule has 28 heavy (non-hydrogen) atoms. The molecule has 1 aromatic heterocycles. The monoisotopic (exact) mass is 378 g/mol. The second-order valence-electron chi connectivity index (χ2n) is 7.22. The Morgan fingerprint density at radius 3 is 2.71 bits per heavy atom. The molecule has 0 saturated carbocycles. The van der Waals surface area contributed by atoms with Crippen molar-refractivity contribution in [2.75, 3.05) is 5.32 Å². The van der Waals surface area contributed by atoms with Crippen molar-refractivity contribution in [1.29, 1.82) is 0 Å². The highest BCUT2D eigenvalue weighted by molar-refractivity contribution is 6.00. The van der Waals surface area contributed by atoms with Crippen LogP contribution in [0.4, 0.5) is 5.69 Å². The quantitative estimate of drug-likeness (QED) is 0.313. The minimum atomic E-state index is 0.0451. The summed E-state index contributed by atoms with van der Waals surface area (Å²) in [6, 6.07) is 9.79. The molecule has 1 aromatic carbocycles. The third-order valence-corrected chi connectivity index (χ3v) is 4.84. The number of carbonyl (C=O) groups is 1. The summed E-state index contributed by atoms with van der Waals surface area (Å²) in [5, 5.41) is 4.07. The van der Waals surface area contributed by atoms with E-state index in [1.807, 2.05) is 30.3 Å². The van der Waals surface area contributed by atoms with Crippen LogP contribution in [-0.2, 0) is 4.79 Å². The molecule has 0 aliphatic carbocycles. The molecule has 0 spiro atoms. The van der Waals surface area contributed by atoms with Gasteiger partial charge in [-0.2, -0.15) is 0 Å². The van der Waals surface area contributed by atoms with Crippen molar-refractivity contribution in [3.05, 3.63) is 60.3 Å². The van der Waals surface area contributed by atoms with Crippen molar-refractivity contribution in [2.45, 2.75) is 71.6 Å². The lowest BCUT2D eigenvalue weighted by Gasteiger charge is -2.09. The zero-order chi connectivity index (χ0) is 20.0. The minimum absolute atomic E-state index is 0.0451. The fourth-order valence-corrected chi connectivity index (χ4v) is 3.31. The molecule has 3 heteroatoms. The lowest BCUT2D eigenvalue weighted by molar-refractivity contribution is -0.116. The van der Waals surface area contributed by atoms with Crippen molar-refractivity contribution in [3.63, 3.8) is 0 Å². The van der Waals surface area contributed by atoms with Gasteiger partial charge < -0.3 is 5.32 Å². The van der Waals surface area contributed by atoms with Crippen molar-refractivity contribution < 1.29 is 4.79 Å². The van der Waals surface area contributed by atoms with Crippen molar-refractivity contribution in [2.24, 2.45) is 0 Å². The highest BCUT2D eigenvalue weighted by atomic mass is 16.1. The van der Waals surface area contributed by atoms with Crippen molar-refractivity contribution in [3.8, 4) is 0 Å². The van der Waals surface area contributed by atoms with Crippen LogP contribution in [0.3, 0.4) is 0 Å². The number of rotatable bonds is 12. The average Bonchev–Trinajstić information content (AvgIpc) is 2.71. The number of unbranched alkanes of at least 4 members (excludes halogenated alkanes) is 4. The van der Waals surface area contributed by atoms with Gasteiger partial charge in [-0.05, 0) is 44.2 Å². The number of benzene rings is 1. The van der Waals surface area contributed by atoms with Gasteiger partial charge >= 0.3 is 0 Å². The summed E-state index contributed by atoms with van der Waals surface area (Å²) in [6.45, 7) is 4.39. The highest BCUT2D eigenvalue weighted by Crippen LogP contribution is 2.21. The molecule has 0 bridgehead atoms. The second kappa shape index (κ2) is 12.9. The number of fused-ring (bicyclic) bond motifs is 1. The SMILES string of the molecule is CC/C=C(/CC=CCCCCCC)CCC(=O)Nc1cccc2cccnc12. The molecule has 0 aliphatic rings. The molecule has 1 amide bonds. The Bertz CT molecular complexity index is 787. The van der Waals surface area contributed by atoms with Gasteiger partial charge in [-0.25, -0.2) is 0 Å². The van der Waals surface area contributed by atoms with Crippen LogP contribution >= 0.6 is 0 Å². The first-order valence-corrected chi connectivity index (χ1v) is 10.7. The predicted molar refractivity (Wildman–Crippen MR) is 120 cm³/mol. The van der Waals surface area contributed by atoms with E-state index in [4.69, 9.17) is 0 Å². The number of aromatic nitrogens is 1. The average molecular weight is 379 g/mol. The van der Waals surface area contributed by atoms with Crippen LogP contribution in [-0.4, -0.2) is 10.9 Å². The number of nitrogens with one attached hydrogen (secondary N) is 1. The lowest BCUT2D eigenvalue weighted by Crippen LogP contribution is -2.12. The van der Waals surface area contributed by atoms with Crippen LogP contribution in [0.25, 0.3) is 10.9 Å². The molecule has 1 heterocycles. The molecule has 0 radical (unpaired) electrons. The first kappa shape index (κ1) is 21.9. The molecule has 0 unspecified atom stereocenters. The van der Waals surface area contributed by atoms with E-state index < -0.39 is 0 Å². The summed E-state index contributed by atoms with van der Waals surface area (Å²) < 4.78 is 0. The fourth-order valence-electron chi connectivity index (χ4n) is 3.31. The number of para-hydroxylation sites is 1. The molecule has 2 aromatic rings. The third-order valence-electron chi connectivity index (χ3n) is 4.84. The second-order valence-corrected chi connectivity index (χ2v) is 7.22. The van der Waals surface area contributed by atoms with Crippen LogP contribution in [0, 0.1) is 0 Å². The molecular formula is C25H34N2O. The summed E-state index contributed by atoms with van der Waals surface area (Å²) in [5.41, 5.74) is 2.98. The maximum atomic E-state index is 12.5. The summed E-state index contributed by atoms with van der Waals surface area (Å²) >= 11 is 0. The van der Waals surface area contributed by atoms with E-state index in [2.05, 4.69) is 42.4 Å². The molecule has 0 saturated heterocycles. The number of hydrogen-bond donors (Lipinski definition) is 1. The number of nitrogens with zero attached hydrogens (tertiary/aromatic N) is 1. The molecule has 1 N–H and O–H groups in total. The molecular weight excluding hydrogens is 344 g/mol. The van der Waals surface area contributed by atoms with Gasteiger partial charge in [0.15, 0.2) is 0 Å². The lowest BCUT2D eigenvalue weighted by atomic mass is 10.0. The van der Waals surface area contributed by atoms with E-state index in [-0.39, 0.29) is 5.91 Å². The Balaban J connectivity index is 1.81. The number of carbonyl (C=O) groups excluding carboxylic acids is 1. The summed E-state index contributed by atoms with van der Waals surface area (Å²) in [7, 11) is 0. The largest absolute Gasteiger partial charge is 0.324 e. The van der Waals surface area contributed by atoms with Crippen LogP contribution in [0.5, 0.6) is 0 Å². The van der Waals surface area contributed by atoms with Gasteiger partial charge in [-0.15, -0.1) is 0 Å². The van der Waals surface area contributed by atoms with Crippen LogP contribution in [0.15, 0.2) is 60.3 Å². The van der Waals surface area contributed by atoms with Gasteiger partial charge in [0, 0.05) is 18.0 Å². The Morgan fingerprint density at radius 2 is 1.89 bits per heavy atom. The number of anilines is 1.